The van der Waals surface area contributed by atoms with Gasteiger partial charge in [-0.15, -0.1) is 0 Å². The second-order valence-electron chi connectivity index (χ2n) is 3.31. The lowest BCUT2D eigenvalue weighted by Crippen LogP contribution is -2.19. The summed E-state index contributed by atoms with van der Waals surface area (Å²) in [5.74, 6) is -0.601. The molecule has 0 saturated carbocycles. The first-order valence-corrected chi connectivity index (χ1v) is 5.26. The Labute approximate surface area is 95.2 Å². The van der Waals surface area contributed by atoms with Gasteiger partial charge in [-0.05, 0) is 25.5 Å². The molecule has 0 aromatic heterocycles. The number of hydrogen-bond donors (Lipinski definition) is 1. The van der Waals surface area contributed by atoms with Crippen LogP contribution in [0, 0.1) is 0 Å². The van der Waals surface area contributed by atoms with Crippen molar-refractivity contribution in [3.63, 3.8) is 0 Å². The molecule has 0 aliphatic carbocycles. The maximum absolute atomic E-state index is 10.9. The summed E-state index contributed by atoms with van der Waals surface area (Å²) in [4.78, 5) is 21.9. The second-order valence-corrected chi connectivity index (χ2v) is 3.31. The van der Waals surface area contributed by atoms with Crippen molar-refractivity contribution in [3.05, 3.63) is 47.5 Å². The van der Waals surface area contributed by atoms with Gasteiger partial charge < -0.3 is 0 Å². The van der Waals surface area contributed by atoms with Gasteiger partial charge in [-0.3, -0.25) is 14.9 Å². The largest absolute Gasteiger partial charge is 0.288 e. The Morgan fingerprint density at radius 2 is 1.62 bits per heavy atom. The van der Waals surface area contributed by atoms with Crippen molar-refractivity contribution in [2.75, 3.05) is 0 Å². The minimum absolute atomic E-state index is 0.300. The Kier molecular flexibility index (Phi) is 4.45. The second kappa shape index (κ2) is 5.85. The van der Waals surface area contributed by atoms with Gasteiger partial charge in [-0.25, -0.2) is 0 Å². The van der Waals surface area contributed by atoms with E-state index in [0.717, 1.165) is 6.42 Å². The molecule has 0 atom stereocenters. The van der Waals surface area contributed by atoms with Crippen LogP contribution in [0.15, 0.2) is 36.4 Å². The Bertz CT molecular complexity index is 389. The number of fused-ring (bicyclic) bond motifs is 1. The summed E-state index contributed by atoms with van der Waals surface area (Å²) in [7, 11) is 0. The molecular formula is C13H15NO2. The SMILES string of the molecule is CC=CCC.O=C1NC(=O)c2ccccc21. The summed E-state index contributed by atoms with van der Waals surface area (Å²) < 4.78 is 0. The van der Waals surface area contributed by atoms with Crippen LogP contribution in [-0.2, 0) is 0 Å². The standard InChI is InChI=1S/C8H5NO2.C5H10/c10-7-5-3-1-2-4-6(5)8(11)9-7;1-3-5-4-2/h1-4H,(H,9,10,11);3,5H,4H2,1-2H3. The summed E-state index contributed by atoms with van der Waals surface area (Å²) in [5, 5.41) is 2.20. The highest BCUT2D eigenvalue weighted by atomic mass is 16.2. The average Bonchev–Trinajstić information content (AvgIpc) is 2.58. The number of nitrogens with one attached hydrogen (secondary N) is 1. The highest BCUT2D eigenvalue weighted by molar-refractivity contribution is 6.21. The van der Waals surface area contributed by atoms with Crippen LogP contribution in [0.1, 0.15) is 41.0 Å². The normalized spacial score (nSPS) is 13.1. The molecule has 0 bridgehead atoms. The van der Waals surface area contributed by atoms with E-state index < -0.39 is 0 Å². The van der Waals surface area contributed by atoms with E-state index in [4.69, 9.17) is 0 Å². The number of allylic oxidation sites excluding steroid dienone is 2. The summed E-state index contributed by atoms with van der Waals surface area (Å²) >= 11 is 0. The van der Waals surface area contributed by atoms with Crippen molar-refractivity contribution in [1.82, 2.24) is 5.32 Å². The zero-order valence-electron chi connectivity index (χ0n) is 9.49. The number of rotatable bonds is 1. The molecule has 1 aromatic carbocycles. The number of benzene rings is 1. The van der Waals surface area contributed by atoms with E-state index >= 15 is 0 Å². The molecule has 1 heterocycles. The van der Waals surface area contributed by atoms with Gasteiger partial charge in [0, 0.05) is 0 Å². The minimum Gasteiger partial charge on any atom is -0.288 e. The van der Waals surface area contributed by atoms with E-state index in [2.05, 4.69) is 24.4 Å². The fourth-order valence-corrected chi connectivity index (χ4v) is 1.35. The summed E-state index contributed by atoms with van der Waals surface area (Å²) in [5.41, 5.74) is 0.940. The van der Waals surface area contributed by atoms with Crippen LogP contribution in [0.5, 0.6) is 0 Å². The van der Waals surface area contributed by atoms with E-state index in [1.54, 1.807) is 24.3 Å². The predicted octanol–water partition coefficient (Wildman–Crippen LogP) is 2.54. The number of carbonyl (C=O) groups excluding carboxylic acids is 2. The maximum atomic E-state index is 10.9. The van der Waals surface area contributed by atoms with Gasteiger partial charge in [0.2, 0.25) is 0 Å². The third-order valence-electron chi connectivity index (χ3n) is 2.11. The molecule has 0 fully saturated rings. The number of imide groups is 1. The molecule has 0 unspecified atom stereocenters. The van der Waals surface area contributed by atoms with Gasteiger partial charge in [0.05, 0.1) is 11.1 Å². The highest BCUT2D eigenvalue weighted by Gasteiger charge is 2.25. The first-order chi connectivity index (χ1) is 7.70. The van der Waals surface area contributed by atoms with E-state index in [1.165, 1.54) is 0 Å². The van der Waals surface area contributed by atoms with Gasteiger partial charge in [0.15, 0.2) is 0 Å². The summed E-state index contributed by atoms with van der Waals surface area (Å²) in [6, 6.07) is 6.74. The van der Waals surface area contributed by atoms with Crippen molar-refractivity contribution < 1.29 is 9.59 Å². The van der Waals surface area contributed by atoms with Crippen molar-refractivity contribution in [2.45, 2.75) is 20.3 Å². The molecule has 0 spiro atoms. The average molecular weight is 217 g/mol. The van der Waals surface area contributed by atoms with Crippen LogP contribution < -0.4 is 5.32 Å². The molecule has 1 aliphatic heterocycles. The molecular weight excluding hydrogens is 202 g/mol. The van der Waals surface area contributed by atoms with Gasteiger partial charge in [-0.1, -0.05) is 31.2 Å². The zero-order valence-corrected chi connectivity index (χ0v) is 9.49. The minimum atomic E-state index is -0.300. The smallest absolute Gasteiger partial charge is 0.258 e. The molecule has 0 radical (unpaired) electrons. The fraction of sp³-hybridized carbons (Fsp3) is 0.231. The number of carbonyl (C=O) groups is 2. The summed E-state index contributed by atoms with van der Waals surface area (Å²) in [6.45, 7) is 4.16. The monoisotopic (exact) mass is 217 g/mol. The lowest BCUT2D eigenvalue weighted by molar-refractivity contribution is 0.0879. The molecule has 1 aromatic rings. The quantitative estimate of drug-likeness (QED) is 0.580. The first kappa shape index (κ1) is 12.2. The molecule has 84 valence electrons. The summed E-state index contributed by atoms with van der Waals surface area (Å²) in [6.07, 6.45) is 5.34. The molecule has 3 nitrogen and oxygen atoms in total. The van der Waals surface area contributed by atoms with Crippen molar-refractivity contribution in [3.8, 4) is 0 Å². The molecule has 3 heteroatoms. The topological polar surface area (TPSA) is 46.2 Å². The number of hydrogen-bond acceptors (Lipinski definition) is 2. The van der Waals surface area contributed by atoms with Gasteiger partial charge in [-0.2, -0.15) is 0 Å². The molecule has 2 rings (SSSR count). The van der Waals surface area contributed by atoms with E-state index in [9.17, 15) is 9.59 Å². The zero-order chi connectivity index (χ0) is 12.0. The van der Waals surface area contributed by atoms with Crippen molar-refractivity contribution in [1.29, 1.82) is 0 Å². The number of amides is 2. The Balaban J connectivity index is 0.000000221. The fourth-order valence-electron chi connectivity index (χ4n) is 1.35. The molecule has 1 aliphatic rings. The van der Waals surface area contributed by atoms with Gasteiger partial charge in [0.1, 0.15) is 0 Å². The predicted molar refractivity (Wildman–Crippen MR) is 63.3 cm³/mol. The van der Waals surface area contributed by atoms with Crippen LogP contribution in [-0.4, -0.2) is 11.8 Å². The molecule has 1 N–H and O–H groups in total. The lowest BCUT2D eigenvalue weighted by atomic mass is 10.1. The maximum Gasteiger partial charge on any atom is 0.258 e. The molecule has 0 saturated heterocycles. The van der Waals surface area contributed by atoms with E-state index in [-0.39, 0.29) is 11.8 Å². The highest BCUT2D eigenvalue weighted by Crippen LogP contribution is 2.13. The van der Waals surface area contributed by atoms with Crippen LogP contribution in [0.3, 0.4) is 0 Å². The van der Waals surface area contributed by atoms with Crippen molar-refractivity contribution in [2.24, 2.45) is 0 Å². The Morgan fingerprint density at radius 3 is 1.94 bits per heavy atom. The third-order valence-corrected chi connectivity index (χ3v) is 2.11. The molecule has 2 amide bonds. The first-order valence-electron chi connectivity index (χ1n) is 5.26. The van der Waals surface area contributed by atoms with Crippen LogP contribution in [0.2, 0.25) is 0 Å². The third kappa shape index (κ3) is 2.79. The van der Waals surface area contributed by atoms with E-state index in [1.807, 2.05) is 6.92 Å². The van der Waals surface area contributed by atoms with Crippen LogP contribution in [0.25, 0.3) is 0 Å². The van der Waals surface area contributed by atoms with Gasteiger partial charge >= 0.3 is 0 Å². The van der Waals surface area contributed by atoms with Crippen molar-refractivity contribution >= 4 is 11.8 Å². The van der Waals surface area contributed by atoms with Crippen LogP contribution in [0.4, 0.5) is 0 Å². The van der Waals surface area contributed by atoms with Crippen LogP contribution >= 0.6 is 0 Å². The Morgan fingerprint density at radius 1 is 1.12 bits per heavy atom. The lowest BCUT2D eigenvalue weighted by Gasteiger charge is -1.88. The van der Waals surface area contributed by atoms with E-state index in [0.29, 0.717) is 11.1 Å². The van der Waals surface area contributed by atoms with Gasteiger partial charge in [0.25, 0.3) is 11.8 Å². The Hall–Kier alpha value is -1.90. The molecule has 16 heavy (non-hydrogen) atoms.